The Bertz CT molecular complexity index is 991. The van der Waals surface area contributed by atoms with E-state index in [4.69, 9.17) is 25.8 Å². The van der Waals surface area contributed by atoms with Gasteiger partial charge in [0.15, 0.2) is 12.2 Å². The third-order valence-electron chi connectivity index (χ3n) is 5.61. The first kappa shape index (κ1) is 19.2. The minimum atomic E-state index is -0.764. The van der Waals surface area contributed by atoms with Crippen molar-refractivity contribution in [1.82, 2.24) is 4.90 Å². The van der Waals surface area contributed by atoms with Gasteiger partial charge in [-0.2, -0.15) is 0 Å². The van der Waals surface area contributed by atoms with E-state index < -0.39 is 12.2 Å². The number of para-hydroxylation sites is 2. The van der Waals surface area contributed by atoms with Gasteiger partial charge in [-0.15, -0.1) is 0 Å². The van der Waals surface area contributed by atoms with Crippen LogP contribution in [0.4, 0.5) is 5.69 Å². The van der Waals surface area contributed by atoms with Crippen molar-refractivity contribution < 1.29 is 23.8 Å². The summed E-state index contributed by atoms with van der Waals surface area (Å²) in [4.78, 5) is 29.8. The Balaban J connectivity index is 1.39. The highest BCUT2D eigenvalue weighted by Crippen LogP contribution is 2.37. The average Bonchev–Trinajstić information content (AvgIpc) is 3.21. The maximum Gasteiger partial charge on any atom is 0.268 e. The van der Waals surface area contributed by atoms with Crippen molar-refractivity contribution in [3.05, 3.63) is 53.1 Å². The number of benzene rings is 2. The summed E-state index contributed by atoms with van der Waals surface area (Å²) in [5, 5.41) is 0.610. The van der Waals surface area contributed by atoms with Gasteiger partial charge >= 0.3 is 0 Å². The predicted octanol–water partition coefficient (Wildman–Crippen LogP) is 2.30. The summed E-state index contributed by atoms with van der Waals surface area (Å²) in [5.41, 5.74) is 1.55. The summed E-state index contributed by atoms with van der Waals surface area (Å²) in [5.74, 6) is 0.855. The highest BCUT2D eigenvalue weighted by molar-refractivity contribution is 6.30. The first-order valence-corrected chi connectivity index (χ1v) is 10.4. The van der Waals surface area contributed by atoms with Crippen LogP contribution in [0.1, 0.15) is 5.56 Å². The molecule has 2 amide bonds. The van der Waals surface area contributed by atoms with E-state index in [2.05, 4.69) is 0 Å². The van der Waals surface area contributed by atoms with Crippen LogP contribution in [0.2, 0.25) is 5.02 Å². The van der Waals surface area contributed by atoms with Gasteiger partial charge in [-0.05, 0) is 35.9 Å². The number of nitrogens with zero attached hydrogens (tertiary/aromatic N) is 2. The van der Waals surface area contributed by atoms with Gasteiger partial charge in [0.25, 0.3) is 11.8 Å². The number of anilines is 1. The Morgan fingerprint density at radius 1 is 0.933 bits per heavy atom. The smallest absolute Gasteiger partial charge is 0.268 e. The highest BCUT2D eigenvalue weighted by Gasteiger charge is 2.40. The van der Waals surface area contributed by atoms with Gasteiger partial charge in [0.1, 0.15) is 11.5 Å². The number of rotatable bonds is 2. The van der Waals surface area contributed by atoms with E-state index in [9.17, 15) is 9.59 Å². The molecule has 0 radical (unpaired) electrons. The van der Waals surface area contributed by atoms with Crippen molar-refractivity contribution >= 4 is 29.1 Å². The van der Waals surface area contributed by atoms with E-state index in [-0.39, 0.29) is 18.4 Å². The molecule has 2 aromatic carbocycles. The van der Waals surface area contributed by atoms with Gasteiger partial charge < -0.3 is 24.0 Å². The van der Waals surface area contributed by atoms with Crippen molar-refractivity contribution in [2.75, 3.05) is 37.7 Å². The second-order valence-corrected chi connectivity index (χ2v) is 7.96. The molecular weight excluding hydrogens is 408 g/mol. The molecule has 0 spiro atoms. The molecule has 0 aliphatic carbocycles. The molecule has 8 heteroatoms. The molecule has 5 rings (SSSR count). The van der Waals surface area contributed by atoms with E-state index in [1.807, 2.05) is 24.3 Å². The fourth-order valence-corrected chi connectivity index (χ4v) is 4.28. The normalized spacial score (nSPS) is 22.6. The van der Waals surface area contributed by atoms with Gasteiger partial charge in [0, 0.05) is 24.5 Å². The van der Waals surface area contributed by atoms with E-state index in [0.717, 1.165) is 5.56 Å². The van der Waals surface area contributed by atoms with Gasteiger partial charge in [-0.25, -0.2) is 0 Å². The molecule has 0 saturated carbocycles. The van der Waals surface area contributed by atoms with E-state index in [1.54, 1.807) is 28.0 Å². The van der Waals surface area contributed by atoms with Crippen molar-refractivity contribution in [2.24, 2.45) is 0 Å². The molecule has 3 heterocycles. The SMILES string of the molecule is O=C(C1CN(C(=O)C2Cc3cc(Cl)ccc3O2)c2ccccc2O1)N1CCOCC1. The first-order chi connectivity index (χ1) is 14.6. The molecule has 1 fully saturated rings. The fourth-order valence-electron chi connectivity index (χ4n) is 4.09. The van der Waals surface area contributed by atoms with Crippen LogP contribution in [0, 0.1) is 0 Å². The second-order valence-electron chi connectivity index (χ2n) is 7.52. The third kappa shape index (κ3) is 3.48. The zero-order valence-electron chi connectivity index (χ0n) is 16.3. The maximum absolute atomic E-state index is 13.4. The molecular formula is C22H21ClN2O5. The molecule has 2 atom stereocenters. The van der Waals surface area contributed by atoms with Gasteiger partial charge in [-0.1, -0.05) is 23.7 Å². The number of halogens is 1. The van der Waals surface area contributed by atoms with Crippen LogP contribution < -0.4 is 14.4 Å². The Labute approximate surface area is 179 Å². The lowest BCUT2D eigenvalue weighted by atomic mass is 10.1. The molecule has 2 unspecified atom stereocenters. The summed E-state index contributed by atoms with van der Waals surface area (Å²) in [7, 11) is 0. The lowest BCUT2D eigenvalue weighted by Crippen LogP contribution is -2.55. The summed E-state index contributed by atoms with van der Waals surface area (Å²) in [6.07, 6.45) is -0.986. The fraction of sp³-hybridized carbons (Fsp3) is 0.364. The summed E-state index contributed by atoms with van der Waals surface area (Å²) in [6.45, 7) is 2.21. The summed E-state index contributed by atoms with van der Waals surface area (Å²) in [6, 6.07) is 12.6. The topological polar surface area (TPSA) is 68.3 Å². The average molecular weight is 429 g/mol. The van der Waals surface area contributed by atoms with Crippen LogP contribution in [-0.2, 0) is 20.7 Å². The Morgan fingerprint density at radius 3 is 2.53 bits per heavy atom. The number of carbonyl (C=O) groups excluding carboxylic acids is 2. The number of morpholine rings is 1. The number of hydrogen-bond donors (Lipinski definition) is 0. The molecule has 3 aliphatic rings. The number of fused-ring (bicyclic) bond motifs is 2. The monoisotopic (exact) mass is 428 g/mol. The Hall–Kier alpha value is -2.77. The third-order valence-corrected chi connectivity index (χ3v) is 5.85. The van der Waals surface area contributed by atoms with Gasteiger partial charge in [-0.3, -0.25) is 9.59 Å². The van der Waals surface area contributed by atoms with Crippen molar-refractivity contribution in [3.8, 4) is 11.5 Å². The van der Waals surface area contributed by atoms with E-state index in [1.165, 1.54) is 0 Å². The number of carbonyl (C=O) groups is 2. The molecule has 30 heavy (non-hydrogen) atoms. The van der Waals surface area contributed by atoms with E-state index >= 15 is 0 Å². The van der Waals surface area contributed by atoms with Crippen LogP contribution in [0.5, 0.6) is 11.5 Å². The molecule has 7 nitrogen and oxygen atoms in total. The van der Waals surface area contributed by atoms with Gasteiger partial charge in [0.05, 0.1) is 25.4 Å². The molecule has 156 valence electrons. The highest BCUT2D eigenvalue weighted by atomic mass is 35.5. The van der Waals surface area contributed by atoms with Crippen LogP contribution in [-0.4, -0.2) is 61.8 Å². The van der Waals surface area contributed by atoms with Crippen LogP contribution in [0.25, 0.3) is 0 Å². The van der Waals surface area contributed by atoms with Crippen LogP contribution in [0.15, 0.2) is 42.5 Å². The van der Waals surface area contributed by atoms with Crippen molar-refractivity contribution in [3.63, 3.8) is 0 Å². The van der Waals surface area contributed by atoms with Crippen molar-refractivity contribution in [1.29, 1.82) is 0 Å². The number of amides is 2. The second kappa shape index (κ2) is 7.81. The quantitative estimate of drug-likeness (QED) is 0.734. The van der Waals surface area contributed by atoms with Crippen molar-refractivity contribution in [2.45, 2.75) is 18.6 Å². The first-order valence-electron chi connectivity index (χ1n) is 9.99. The van der Waals surface area contributed by atoms with Gasteiger partial charge in [0.2, 0.25) is 0 Å². The zero-order chi connectivity index (χ0) is 20.7. The minimum absolute atomic E-state index is 0.131. The van der Waals surface area contributed by atoms with E-state index in [0.29, 0.717) is 54.9 Å². The predicted molar refractivity (Wildman–Crippen MR) is 110 cm³/mol. The minimum Gasteiger partial charge on any atom is -0.480 e. The Kier molecular flexibility index (Phi) is 5.00. The number of hydrogen-bond acceptors (Lipinski definition) is 5. The number of ether oxygens (including phenoxy) is 3. The lowest BCUT2D eigenvalue weighted by molar-refractivity contribution is -0.143. The zero-order valence-corrected chi connectivity index (χ0v) is 17.0. The molecule has 0 aromatic heterocycles. The van der Waals surface area contributed by atoms with Crippen LogP contribution in [0.3, 0.4) is 0 Å². The lowest BCUT2D eigenvalue weighted by Gasteiger charge is -2.37. The molecule has 0 bridgehead atoms. The van der Waals surface area contributed by atoms with Crippen LogP contribution >= 0.6 is 11.6 Å². The largest absolute Gasteiger partial charge is 0.480 e. The summed E-state index contributed by atoms with van der Waals surface area (Å²) < 4.78 is 17.2. The summed E-state index contributed by atoms with van der Waals surface area (Å²) >= 11 is 6.08. The molecule has 0 N–H and O–H groups in total. The maximum atomic E-state index is 13.4. The molecule has 2 aromatic rings. The molecule has 3 aliphatic heterocycles. The molecule has 1 saturated heterocycles. The Morgan fingerprint density at radius 2 is 1.70 bits per heavy atom. The standard InChI is InChI=1S/C22H21ClN2O5/c23-15-5-6-17-14(11-15)12-19(29-17)22(27)25-13-20(21(26)24-7-9-28-10-8-24)30-18-4-2-1-3-16(18)25/h1-6,11,19-20H,7-10,12-13H2.